The Labute approximate surface area is 92.6 Å². The number of benzene rings is 2. The van der Waals surface area contributed by atoms with Crippen molar-refractivity contribution in [1.29, 1.82) is 0 Å². The summed E-state index contributed by atoms with van der Waals surface area (Å²) in [4.78, 5) is 0. The summed E-state index contributed by atoms with van der Waals surface area (Å²) in [6.45, 7) is 0. The van der Waals surface area contributed by atoms with E-state index in [1.165, 1.54) is 19.7 Å². The van der Waals surface area contributed by atoms with E-state index in [4.69, 9.17) is 0 Å². The van der Waals surface area contributed by atoms with E-state index in [-0.39, 0.29) is 0 Å². The van der Waals surface area contributed by atoms with Crippen LogP contribution in [0.2, 0.25) is 5.82 Å². The molecule has 66 valence electrons. The number of halogens is 1. The van der Waals surface area contributed by atoms with Crippen LogP contribution in [-0.4, -0.2) is 15.0 Å². The van der Waals surface area contributed by atoms with E-state index in [1.807, 2.05) is 0 Å². The Bertz CT molecular complexity index is 432. The second-order valence-electron chi connectivity index (χ2n) is 2.80. The van der Waals surface area contributed by atoms with E-state index >= 15 is 0 Å². The van der Waals surface area contributed by atoms with Crippen molar-refractivity contribution in [1.82, 2.24) is 0 Å². The minimum atomic E-state index is 0.559. The molecule has 0 amide bonds. The van der Waals surface area contributed by atoms with Gasteiger partial charge in [-0.25, -0.2) is 0 Å². The van der Waals surface area contributed by atoms with Gasteiger partial charge >= 0.3 is 92.8 Å². The van der Waals surface area contributed by atoms with Crippen LogP contribution in [0.5, 0.6) is 0 Å². The molecule has 0 aliphatic rings. The van der Waals surface area contributed by atoms with Crippen LogP contribution in [-0.2, 0) is 0 Å². The quantitative estimate of drug-likeness (QED) is 0.710. The molecule has 0 aromatic heterocycles. The Morgan fingerprint density at radius 1 is 1.08 bits per heavy atom. The van der Waals surface area contributed by atoms with Crippen molar-refractivity contribution in [2.24, 2.45) is 0 Å². The molecule has 0 atom stereocenters. The van der Waals surface area contributed by atoms with Crippen molar-refractivity contribution >= 4 is 46.1 Å². The van der Waals surface area contributed by atoms with Crippen LogP contribution >= 0.6 is 15.9 Å². The van der Waals surface area contributed by atoms with Gasteiger partial charge in [-0.05, 0) is 0 Å². The predicted octanol–water partition coefficient (Wildman–Crippen LogP) is 2.98. The Kier molecular flexibility index (Phi) is 2.73. The van der Waals surface area contributed by atoms with Gasteiger partial charge in [-0.1, -0.05) is 0 Å². The molecule has 0 saturated carbocycles. The molecule has 0 fully saturated rings. The maximum atomic E-state index is 3.60. The normalized spacial score (nSPS) is 10.6. The van der Waals surface area contributed by atoms with Gasteiger partial charge in [0.2, 0.25) is 0 Å². The first kappa shape index (κ1) is 9.26. The summed E-state index contributed by atoms with van der Waals surface area (Å²) in [5.41, 5.74) is 0. The van der Waals surface area contributed by atoms with E-state index in [0.29, 0.717) is 15.0 Å². The summed E-state index contributed by atoms with van der Waals surface area (Å²) in [5, 5.41) is 2.71. The molecule has 0 bridgehead atoms. The average molecular weight is 300 g/mol. The summed E-state index contributed by atoms with van der Waals surface area (Å²) in [6.07, 6.45) is 0. The topological polar surface area (TPSA) is 0 Å². The molecule has 2 rings (SSSR count). The van der Waals surface area contributed by atoms with Crippen molar-refractivity contribution in [3.8, 4) is 0 Å². The predicted molar refractivity (Wildman–Crippen MR) is 62.9 cm³/mol. The van der Waals surface area contributed by atoms with Crippen LogP contribution in [0.1, 0.15) is 0 Å². The molecule has 0 aliphatic carbocycles. The van der Waals surface area contributed by atoms with E-state index in [1.54, 1.807) is 0 Å². The van der Waals surface area contributed by atoms with Crippen molar-refractivity contribution in [2.75, 3.05) is 0 Å². The van der Waals surface area contributed by atoms with E-state index in [9.17, 15) is 0 Å². The van der Waals surface area contributed by atoms with Gasteiger partial charge < -0.3 is 0 Å². The molecule has 0 radical (unpaired) electrons. The van der Waals surface area contributed by atoms with Gasteiger partial charge in [-0.3, -0.25) is 0 Å². The molecule has 0 heterocycles. The summed E-state index contributed by atoms with van der Waals surface area (Å²) < 4.78 is 2.68. The SMILES string of the molecule is C[Se]c1cccc2cccc(Br)c12. The summed E-state index contributed by atoms with van der Waals surface area (Å²) in [7, 11) is 0. The fraction of sp³-hybridized carbons (Fsp3) is 0.0909. The Morgan fingerprint density at radius 3 is 2.46 bits per heavy atom. The second-order valence-corrected chi connectivity index (χ2v) is 5.43. The Hall–Kier alpha value is -0.301. The summed E-state index contributed by atoms with van der Waals surface area (Å²) in [6, 6.07) is 12.9. The molecule has 2 aromatic carbocycles. The standard InChI is InChI=1S/C11H9BrSe/c1-13-10-7-3-5-8-4-2-6-9(12)11(8)10/h2-7H,1H3. The first-order valence-electron chi connectivity index (χ1n) is 4.04. The van der Waals surface area contributed by atoms with Crippen LogP contribution in [0.4, 0.5) is 0 Å². The van der Waals surface area contributed by atoms with Gasteiger partial charge in [-0.2, -0.15) is 0 Å². The average Bonchev–Trinajstić information content (AvgIpc) is 2.17. The molecule has 0 spiro atoms. The third kappa shape index (κ3) is 1.67. The van der Waals surface area contributed by atoms with E-state index in [2.05, 4.69) is 58.2 Å². The number of fused-ring (bicyclic) bond motifs is 1. The Balaban J connectivity index is 2.87. The molecular formula is C11H9BrSe. The third-order valence-corrected chi connectivity index (χ3v) is 4.33. The number of hydrogen-bond donors (Lipinski definition) is 0. The molecule has 2 aromatic rings. The molecule has 13 heavy (non-hydrogen) atoms. The van der Waals surface area contributed by atoms with Crippen LogP contribution in [0.15, 0.2) is 40.9 Å². The van der Waals surface area contributed by atoms with Crippen molar-refractivity contribution in [3.05, 3.63) is 40.9 Å². The van der Waals surface area contributed by atoms with Gasteiger partial charge in [0, 0.05) is 0 Å². The van der Waals surface area contributed by atoms with E-state index in [0.717, 1.165) is 0 Å². The monoisotopic (exact) mass is 300 g/mol. The fourth-order valence-corrected chi connectivity index (χ4v) is 3.68. The van der Waals surface area contributed by atoms with Gasteiger partial charge in [0.05, 0.1) is 0 Å². The maximum absolute atomic E-state index is 3.60. The first-order valence-corrected chi connectivity index (χ1v) is 7.40. The van der Waals surface area contributed by atoms with Crippen LogP contribution in [0.25, 0.3) is 10.8 Å². The van der Waals surface area contributed by atoms with Gasteiger partial charge in [-0.15, -0.1) is 0 Å². The number of hydrogen-bond acceptors (Lipinski definition) is 0. The summed E-state index contributed by atoms with van der Waals surface area (Å²) in [5.74, 6) is 2.25. The van der Waals surface area contributed by atoms with Crippen LogP contribution in [0, 0.1) is 0 Å². The fourth-order valence-electron chi connectivity index (χ4n) is 1.43. The Morgan fingerprint density at radius 2 is 1.77 bits per heavy atom. The van der Waals surface area contributed by atoms with Crippen LogP contribution in [0.3, 0.4) is 0 Å². The van der Waals surface area contributed by atoms with Crippen LogP contribution < -0.4 is 4.46 Å². The minimum absolute atomic E-state index is 0.559. The first-order chi connectivity index (χ1) is 6.33. The zero-order valence-corrected chi connectivity index (χ0v) is 10.5. The molecule has 0 N–H and O–H groups in total. The molecule has 0 aliphatic heterocycles. The molecule has 0 saturated heterocycles. The zero-order valence-electron chi connectivity index (χ0n) is 7.25. The van der Waals surface area contributed by atoms with Crippen molar-refractivity contribution < 1.29 is 0 Å². The second kappa shape index (κ2) is 3.83. The molecule has 2 heteroatoms. The third-order valence-electron chi connectivity index (χ3n) is 2.04. The van der Waals surface area contributed by atoms with Gasteiger partial charge in [0.15, 0.2) is 0 Å². The molecule has 0 nitrogen and oxygen atoms in total. The summed E-state index contributed by atoms with van der Waals surface area (Å²) >= 11 is 4.16. The van der Waals surface area contributed by atoms with Crippen molar-refractivity contribution in [3.63, 3.8) is 0 Å². The van der Waals surface area contributed by atoms with E-state index < -0.39 is 0 Å². The van der Waals surface area contributed by atoms with Gasteiger partial charge in [0.1, 0.15) is 0 Å². The number of rotatable bonds is 1. The molecular weight excluding hydrogens is 291 g/mol. The van der Waals surface area contributed by atoms with Gasteiger partial charge in [0.25, 0.3) is 0 Å². The zero-order chi connectivity index (χ0) is 9.26. The van der Waals surface area contributed by atoms with Crippen molar-refractivity contribution in [2.45, 2.75) is 5.82 Å². The molecule has 0 unspecified atom stereocenters.